The van der Waals surface area contributed by atoms with Gasteiger partial charge in [0.2, 0.25) is 0 Å². The first kappa shape index (κ1) is 12.9. The Bertz CT molecular complexity index is 425. The molecule has 0 amide bonds. The maximum absolute atomic E-state index is 11.1. The van der Waals surface area contributed by atoms with Gasteiger partial charge in [-0.3, -0.25) is 4.90 Å². The van der Waals surface area contributed by atoms with Gasteiger partial charge in [0.25, 0.3) is 0 Å². The third-order valence-electron chi connectivity index (χ3n) is 2.93. The van der Waals surface area contributed by atoms with E-state index in [-0.39, 0.29) is 11.7 Å². The Morgan fingerprint density at radius 3 is 3.28 bits per heavy atom. The number of carboxylic acid groups (broad SMARTS) is 1. The SMILES string of the molecule is CC1CN(Cc2ncncc2C(=O)O)CCCO1. The van der Waals surface area contributed by atoms with E-state index in [1.807, 2.05) is 6.92 Å². The van der Waals surface area contributed by atoms with E-state index in [1.165, 1.54) is 12.5 Å². The fourth-order valence-corrected chi connectivity index (χ4v) is 2.10. The van der Waals surface area contributed by atoms with Crippen molar-refractivity contribution in [3.63, 3.8) is 0 Å². The summed E-state index contributed by atoms with van der Waals surface area (Å²) in [5.41, 5.74) is 0.738. The van der Waals surface area contributed by atoms with Crippen molar-refractivity contribution < 1.29 is 14.6 Å². The van der Waals surface area contributed by atoms with Gasteiger partial charge in [0, 0.05) is 32.4 Å². The molecular formula is C12H17N3O3. The lowest BCUT2D eigenvalue weighted by Crippen LogP contribution is -2.30. The summed E-state index contributed by atoms with van der Waals surface area (Å²) in [6, 6.07) is 0. The van der Waals surface area contributed by atoms with E-state index >= 15 is 0 Å². The summed E-state index contributed by atoms with van der Waals surface area (Å²) < 4.78 is 5.56. The number of hydrogen-bond acceptors (Lipinski definition) is 5. The van der Waals surface area contributed by atoms with Crippen molar-refractivity contribution in [2.75, 3.05) is 19.7 Å². The second-order valence-corrected chi connectivity index (χ2v) is 4.46. The third kappa shape index (κ3) is 3.24. The standard InChI is InChI=1S/C12H17N3O3/c1-9-6-15(3-2-4-18-9)7-11-10(12(16)17)5-13-8-14-11/h5,8-9H,2-4,6-7H2,1H3,(H,16,17). The zero-order valence-electron chi connectivity index (χ0n) is 10.4. The average molecular weight is 251 g/mol. The molecule has 1 aliphatic rings. The maximum atomic E-state index is 11.1. The highest BCUT2D eigenvalue weighted by Gasteiger charge is 2.18. The van der Waals surface area contributed by atoms with Gasteiger partial charge in [-0.15, -0.1) is 0 Å². The van der Waals surface area contributed by atoms with Gasteiger partial charge in [0.1, 0.15) is 11.9 Å². The van der Waals surface area contributed by atoms with Crippen LogP contribution in [0.5, 0.6) is 0 Å². The van der Waals surface area contributed by atoms with Crippen LogP contribution in [-0.2, 0) is 11.3 Å². The van der Waals surface area contributed by atoms with E-state index in [0.717, 1.165) is 26.1 Å². The van der Waals surface area contributed by atoms with Crippen LogP contribution in [0.1, 0.15) is 29.4 Å². The van der Waals surface area contributed by atoms with E-state index in [1.54, 1.807) is 0 Å². The van der Waals surface area contributed by atoms with E-state index in [4.69, 9.17) is 9.84 Å². The molecule has 1 N–H and O–H groups in total. The highest BCUT2D eigenvalue weighted by atomic mass is 16.5. The predicted octanol–water partition coefficient (Wildman–Crippen LogP) is 0.786. The molecule has 0 spiro atoms. The average Bonchev–Trinajstić information content (AvgIpc) is 2.54. The number of aromatic carboxylic acids is 1. The van der Waals surface area contributed by atoms with Gasteiger partial charge in [-0.05, 0) is 13.3 Å². The van der Waals surface area contributed by atoms with E-state index in [0.29, 0.717) is 12.2 Å². The number of carbonyl (C=O) groups is 1. The summed E-state index contributed by atoms with van der Waals surface area (Å²) in [6.45, 7) is 5.00. The van der Waals surface area contributed by atoms with Crippen LogP contribution in [0, 0.1) is 0 Å². The van der Waals surface area contributed by atoms with Crippen molar-refractivity contribution >= 4 is 5.97 Å². The van der Waals surface area contributed by atoms with Crippen molar-refractivity contribution in [3.05, 3.63) is 23.8 Å². The highest BCUT2D eigenvalue weighted by molar-refractivity contribution is 5.88. The van der Waals surface area contributed by atoms with Gasteiger partial charge >= 0.3 is 5.97 Å². The molecule has 18 heavy (non-hydrogen) atoms. The zero-order chi connectivity index (χ0) is 13.0. The first-order valence-corrected chi connectivity index (χ1v) is 6.03. The van der Waals surface area contributed by atoms with Crippen LogP contribution in [0.25, 0.3) is 0 Å². The Kier molecular flexibility index (Phi) is 4.22. The number of ether oxygens (including phenoxy) is 1. The van der Waals surface area contributed by atoms with Crippen LogP contribution in [0.15, 0.2) is 12.5 Å². The third-order valence-corrected chi connectivity index (χ3v) is 2.93. The van der Waals surface area contributed by atoms with Gasteiger partial charge in [-0.1, -0.05) is 0 Å². The van der Waals surface area contributed by atoms with Crippen molar-refractivity contribution in [2.24, 2.45) is 0 Å². The molecule has 98 valence electrons. The summed E-state index contributed by atoms with van der Waals surface area (Å²) in [5.74, 6) is -0.982. The smallest absolute Gasteiger partial charge is 0.339 e. The van der Waals surface area contributed by atoms with E-state index in [2.05, 4.69) is 14.9 Å². The lowest BCUT2D eigenvalue weighted by atomic mass is 10.2. The maximum Gasteiger partial charge on any atom is 0.339 e. The molecular weight excluding hydrogens is 234 g/mol. The molecule has 1 atom stereocenters. The number of aromatic nitrogens is 2. The lowest BCUT2D eigenvalue weighted by Gasteiger charge is -2.21. The van der Waals surface area contributed by atoms with Crippen LogP contribution in [-0.4, -0.2) is 51.7 Å². The molecule has 0 aliphatic carbocycles. The van der Waals surface area contributed by atoms with E-state index in [9.17, 15) is 4.79 Å². The Morgan fingerprint density at radius 2 is 2.50 bits per heavy atom. The van der Waals surface area contributed by atoms with Crippen LogP contribution < -0.4 is 0 Å². The minimum absolute atomic E-state index is 0.169. The summed E-state index contributed by atoms with van der Waals surface area (Å²) in [5, 5.41) is 9.08. The molecule has 0 bridgehead atoms. The minimum Gasteiger partial charge on any atom is -0.478 e. The second-order valence-electron chi connectivity index (χ2n) is 4.46. The zero-order valence-corrected chi connectivity index (χ0v) is 10.4. The highest BCUT2D eigenvalue weighted by Crippen LogP contribution is 2.11. The quantitative estimate of drug-likeness (QED) is 0.855. The molecule has 0 saturated carbocycles. The van der Waals surface area contributed by atoms with Gasteiger partial charge in [0.15, 0.2) is 0 Å². The van der Waals surface area contributed by atoms with E-state index < -0.39 is 5.97 Å². The monoisotopic (exact) mass is 251 g/mol. The molecule has 1 aliphatic heterocycles. The summed E-state index contributed by atoms with van der Waals surface area (Å²) >= 11 is 0. The summed E-state index contributed by atoms with van der Waals surface area (Å²) in [7, 11) is 0. The van der Waals surface area contributed by atoms with Gasteiger partial charge in [-0.2, -0.15) is 0 Å². The lowest BCUT2D eigenvalue weighted by molar-refractivity contribution is 0.0660. The topological polar surface area (TPSA) is 75.6 Å². The van der Waals surface area contributed by atoms with Crippen molar-refractivity contribution in [2.45, 2.75) is 26.0 Å². The molecule has 2 heterocycles. The Hall–Kier alpha value is -1.53. The number of hydrogen-bond donors (Lipinski definition) is 1. The molecule has 1 saturated heterocycles. The summed E-state index contributed by atoms with van der Waals surface area (Å²) in [6.07, 6.45) is 3.86. The molecule has 0 radical (unpaired) electrons. The van der Waals surface area contributed by atoms with Crippen LogP contribution in [0.4, 0.5) is 0 Å². The predicted molar refractivity (Wildman–Crippen MR) is 64.3 cm³/mol. The van der Waals surface area contributed by atoms with Gasteiger partial charge < -0.3 is 9.84 Å². The van der Waals surface area contributed by atoms with Crippen molar-refractivity contribution in [1.82, 2.24) is 14.9 Å². The van der Waals surface area contributed by atoms with Crippen LogP contribution in [0.2, 0.25) is 0 Å². The summed E-state index contributed by atoms with van der Waals surface area (Å²) in [4.78, 5) is 21.1. The first-order valence-electron chi connectivity index (χ1n) is 6.03. The molecule has 0 aromatic carbocycles. The fourth-order valence-electron chi connectivity index (χ4n) is 2.10. The minimum atomic E-state index is -0.982. The van der Waals surface area contributed by atoms with Crippen LogP contribution >= 0.6 is 0 Å². The van der Waals surface area contributed by atoms with Crippen molar-refractivity contribution in [1.29, 1.82) is 0 Å². The molecule has 2 rings (SSSR count). The Balaban J connectivity index is 2.10. The van der Waals surface area contributed by atoms with Crippen LogP contribution in [0.3, 0.4) is 0 Å². The second kappa shape index (κ2) is 5.88. The molecule has 1 unspecified atom stereocenters. The largest absolute Gasteiger partial charge is 0.478 e. The molecule has 1 aromatic heterocycles. The number of nitrogens with zero attached hydrogens (tertiary/aromatic N) is 3. The normalized spacial score (nSPS) is 21.5. The molecule has 6 nitrogen and oxygen atoms in total. The Morgan fingerprint density at radius 1 is 1.67 bits per heavy atom. The number of rotatable bonds is 3. The van der Waals surface area contributed by atoms with Gasteiger partial charge in [0.05, 0.1) is 11.8 Å². The molecule has 1 aromatic rings. The number of carboxylic acids is 1. The van der Waals surface area contributed by atoms with Gasteiger partial charge in [-0.25, -0.2) is 14.8 Å². The first-order chi connectivity index (χ1) is 8.66. The Labute approximate surface area is 106 Å². The molecule has 6 heteroatoms. The van der Waals surface area contributed by atoms with Crippen molar-refractivity contribution in [3.8, 4) is 0 Å². The molecule has 1 fully saturated rings. The fraction of sp³-hybridized carbons (Fsp3) is 0.583.